The number of nitrogens with one attached hydrogen (secondary N) is 1. The lowest BCUT2D eigenvalue weighted by molar-refractivity contribution is 0.268. The molecule has 17 heavy (non-hydrogen) atoms. The molecule has 0 spiro atoms. The summed E-state index contributed by atoms with van der Waals surface area (Å²) in [5.41, 5.74) is 1.26. The van der Waals surface area contributed by atoms with Crippen LogP contribution in [0.2, 0.25) is 0 Å². The third-order valence-corrected chi connectivity index (χ3v) is 2.95. The van der Waals surface area contributed by atoms with Crippen LogP contribution in [0.4, 0.5) is 0 Å². The van der Waals surface area contributed by atoms with Crippen molar-refractivity contribution in [3.63, 3.8) is 0 Å². The molecule has 0 unspecified atom stereocenters. The summed E-state index contributed by atoms with van der Waals surface area (Å²) in [4.78, 5) is 0. The number of aliphatic hydroxyl groups is 1. The molecule has 0 bridgehead atoms. The first-order chi connectivity index (χ1) is 8.27. The highest BCUT2D eigenvalue weighted by molar-refractivity contribution is 5.14. The molecule has 0 radical (unpaired) electrons. The molecule has 0 saturated carbocycles. The standard InChI is InChI=1S/C15H21NO/c1-3-13(2)15(10-7-11-17)16-12-14-8-5-4-6-9-14/h1,4-6,8-9,13,15-17H,7,10-12H2,2H3/t13-,15+/m1/s1. The van der Waals surface area contributed by atoms with E-state index in [9.17, 15) is 0 Å². The molecule has 2 N–H and O–H groups in total. The lowest BCUT2D eigenvalue weighted by atomic mass is 9.98. The van der Waals surface area contributed by atoms with Crippen molar-refractivity contribution in [2.45, 2.75) is 32.4 Å². The summed E-state index contributed by atoms with van der Waals surface area (Å²) in [6.45, 7) is 3.09. The molecular weight excluding hydrogens is 210 g/mol. The minimum Gasteiger partial charge on any atom is -0.396 e. The van der Waals surface area contributed by atoms with E-state index in [4.69, 9.17) is 11.5 Å². The lowest BCUT2D eigenvalue weighted by Crippen LogP contribution is -2.34. The normalized spacial score (nSPS) is 13.9. The Morgan fingerprint density at radius 2 is 2.06 bits per heavy atom. The van der Waals surface area contributed by atoms with Gasteiger partial charge in [-0.3, -0.25) is 0 Å². The molecular formula is C15H21NO. The average molecular weight is 231 g/mol. The van der Waals surface area contributed by atoms with E-state index >= 15 is 0 Å². The molecule has 0 saturated heterocycles. The molecule has 2 atom stereocenters. The first-order valence-corrected chi connectivity index (χ1v) is 6.12. The number of hydrogen-bond donors (Lipinski definition) is 2. The Kier molecular flexibility index (Phi) is 6.39. The van der Waals surface area contributed by atoms with Crippen molar-refractivity contribution in [3.8, 4) is 12.3 Å². The highest BCUT2D eigenvalue weighted by atomic mass is 16.2. The fraction of sp³-hybridized carbons (Fsp3) is 0.467. The summed E-state index contributed by atoms with van der Waals surface area (Å²) in [7, 11) is 0. The van der Waals surface area contributed by atoms with E-state index in [0.29, 0.717) is 0 Å². The number of aliphatic hydroxyl groups excluding tert-OH is 1. The Hall–Kier alpha value is -1.30. The molecule has 1 rings (SSSR count). The van der Waals surface area contributed by atoms with E-state index < -0.39 is 0 Å². The zero-order valence-corrected chi connectivity index (χ0v) is 10.4. The zero-order valence-electron chi connectivity index (χ0n) is 10.4. The Bertz CT molecular complexity index is 342. The third-order valence-electron chi connectivity index (χ3n) is 2.95. The molecule has 0 amide bonds. The second-order valence-electron chi connectivity index (χ2n) is 4.29. The maximum Gasteiger partial charge on any atom is 0.0431 e. The van der Waals surface area contributed by atoms with E-state index in [0.717, 1.165) is 19.4 Å². The molecule has 1 aromatic rings. The van der Waals surface area contributed by atoms with Crippen LogP contribution in [0.5, 0.6) is 0 Å². The van der Waals surface area contributed by atoms with Gasteiger partial charge in [0.25, 0.3) is 0 Å². The largest absolute Gasteiger partial charge is 0.396 e. The van der Waals surface area contributed by atoms with Crippen molar-refractivity contribution in [1.29, 1.82) is 0 Å². The molecule has 0 aliphatic heterocycles. The minimum absolute atomic E-state index is 0.185. The number of terminal acetylenes is 1. The second kappa shape index (κ2) is 7.89. The quantitative estimate of drug-likeness (QED) is 0.705. The number of rotatable bonds is 7. The van der Waals surface area contributed by atoms with Crippen LogP contribution in [-0.4, -0.2) is 17.8 Å². The minimum atomic E-state index is 0.185. The Morgan fingerprint density at radius 1 is 1.35 bits per heavy atom. The SMILES string of the molecule is C#C[C@@H](C)[C@H](CCCO)NCc1ccccc1. The first-order valence-electron chi connectivity index (χ1n) is 6.12. The van der Waals surface area contributed by atoms with Crippen molar-refractivity contribution >= 4 is 0 Å². The Balaban J connectivity index is 2.46. The van der Waals surface area contributed by atoms with Crippen LogP contribution in [0.3, 0.4) is 0 Å². The van der Waals surface area contributed by atoms with Crippen LogP contribution in [0.25, 0.3) is 0 Å². The highest BCUT2D eigenvalue weighted by Gasteiger charge is 2.13. The van der Waals surface area contributed by atoms with Gasteiger partial charge >= 0.3 is 0 Å². The van der Waals surface area contributed by atoms with E-state index in [-0.39, 0.29) is 18.6 Å². The smallest absolute Gasteiger partial charge is 0.0431 e. The molecule has 0 aromatic heterocycles. The summed E-state index contributed by atoms with van der Waals surface area (Å²) in [6, 6.07) is 10.5. The first kappa shape index (κ1) is 13.8. The topological polar surface area (TPSA) is 32.3 Å². The van der Waals surface area contributed by atoms with Crippen LogP contribution in [0, 0.1) is 18.3 Å². The maximum atomic E-state index is 8.88. The van der Waals surface area contributed by atoms with Crippen LogP contribution >= 0.6 is 0 Å². The van der Waals surface area contributed by atoms with E-state index in [1.807, 2.05) is 25.1 Å². The molecule has 2 nitrogen and oxygen atoms in total. The van der Waals surface area contributed by atoms with Gasteiger partial charge in [0.15, 0.2) is 0 Å². The van der Waals surface area contributed by atoms with Crippen molar-refractivity contribution in [2.75, 3.05) is 6.61 Å². The van der Waals surface area contributed by atoms with Gasteiger partial charge in [-0.05, 0) is 25.3 Å². The molecule has 92 valence electrons. The van der Waals surface area contributed by atoms with Gasteiger partial charge in [0.1, 0.15) is 0 Å². The summed E-state index contributed by atoms with van der Waals surface area (Å²) in [5.74, 6) is 2.95. The van der Waals surface area contributed by atoms with Gasteiger partial charge in [0.05, 0.1) is 0 Å². The van der Waals surface area contributed by atoms with Crippen molar-refractivity contribution in [1.82, 2.24) is 5.32 Å². The van der Waals surface area contributed by atoms with Crippen LogP contribution < -0.4 is 5.32 Å². The highest BCUT2D eigenvalue weighted by Crippen LogP contribution is 2.09. The predicted octanol–water partition coefficient (Wildman–Crippen LogP) is 2.19. The molecule has 1 aromatic carbocycles. The van der Waals surface area contributed by atoms with Gasteiger partial charge in [-0.1, -0.05) is 30.3 Å². The van der Waals surface area contributed by atoms with Crippen molar-refractivity contribution in [3.05, 3.63) is 35.9 Å². The van der Waals surface area contributed by atoms with Gasteiger partial charge in [0, 0.05) is 25.1 Å². The van der Waals surface area contributed by atoms with Crippen molar-refractivity contribution in [2.24, 2.45) is 5.92 Å². The molecule has 0 heterocycles. The Morgan fingerprint density at radius 3 is 2.65 bits per heavy atom. The fourth-order valence-corrected chi connectivity index (χ4v) is 1.80. The summed E-state index contributed by atoms with van der Waals surface area (Å²) < 4.78 is 0. The third kappa shape index (κ3) is 5.04. The van der Waals surface area contributed by atoms with Crippen LogP contribution in [0.15, 0.2) is 30.3 Å². The van der Waals surface area contributed by atoms with E-state index in [1.54, 1.807) is 0 Å². The Labute approximate surface area is 104 Å². The number of benzene rings is 1. The zero-order chi connectivity index (χ0) is 12.5. The lowest BCUT2D eigenvalue weighted by Gasteiger charge is -2.21. The average Bonchev–Trinajstić information content (AvgIpc) is 2.39. The molecule has 0 aliphatic carbocycles. The second-order valence-corrected chi connectivity index (χ2v) is 4.29. The van der Waals surface area contributed by atoms with Gasteiger partial charge in [-0.25, -0.2) is 0 Å². The van der Waals surface area contributed by atoms with Gasteiger partial charge in [-0.2, -0.15) is 0 Å². The summed E-state index contributed by atoms with van der Waals surface area (Å²) in [6.07, 6.45) is 7.16. The van der Waals surface area contributed by atoms with Gasteiger partial charge in [-0.15, -0.1) is 12.3 Å². The summed E-state index contributed by atoms with van der Waals surface area (Å²) in [5, 5.41) is 12.3. The van der Waals surface area contributed by atoms with Gasteiger partial charge < -0.3 is 10.4 Å². The van der Waals surface area contributed by atoms with Gasteiger partial charge in [0.2, 0.25) is 0 Å². The monoisotopic (exact) mass is 231 g/mol. The summed E-state index contributed by atoms with van der Waals surface area (Å²) >= 11 is 0. The van der Waals surface area contributed by atoms with Crippen LogP contribution in [0.1, 0.15) is 25.3 Å². The van der Waals surface area contributed by atoms with Crippen LogP contribution in [-0.2, 0) is 6.54 Å². The maximum absolute atomic E-state index is 8.88. The molecule has 0 fully saturated rings. The number of hydrogen-bond acceptors (Lipinski definition) is 2. The molecule has 2 heteroatoms. The predicted molar refractivity (Wildman–Crippen MR) is 71.4 cm³/mol. The fourth-order valence-electron chi connectivity index (χ4n) is 1.80. The molecule has 0 aliphatic rings. The van der Waals surface area contributed by atoms with E-state index in [2.05, 4.69) is 23.4 Å². The van der Waals surface area contributed by atoms with E-state index in [1.165, 1.54) is 5.56 Å². The van der Waals surface area contributed by atoms with Crippen molar-refractivity contribution < 1.29 is 5.11 Å².